The van der Waals surface area contributed by atoms with E-state index in [-0.39, 0.29) is 12.7 Å². The van der Waals surface area contributed by atoms with Crippen molar-refractivity contribution in [3.8, 4) is 11.5 Å². The van der Waals surface area contributed by atoms with Gasteiger partial charge in [0.2, 0.25) is 12.7 Å². The first-order valence-corrected chi connectivity index (χ1v) is 9.09. The molecule has 0 saturated heterocycles. The van der Waals surface area contributed by atoms with E-state index in [2.05, 4.69) is 32.3 Å². The van der Waals surface area contributed by atoms with Crippen LogP contribution in [0.3, 0.4) is 0 Å². The molecule has 140 valence electrons. The molecular formula is C21H18N4O3. The standard InChI is InChI=1S/C21H18N4O3/c1-13-10-16(20(26)23-15-6-7-18-19(11-15)28-12-27-18)24-21(22-13)25-9-8-14-4-2-3-5-17(14)25/h2-7,10-11H,8-9,12H2,1H3,(H,23,26). The summed E-state index contributed by atoms with van der Waals surface area (Å²) in [5.41, 5.74) is 4.04. The summed E-state index contributed by atoms with van der Waals surface area (Å²) in [6.07, 6.45) is 0.937. The van der Waals surface area contributed by atoms with Crippen LogP contribution in [0.15, 0.2) is 48.5 Å². The van der Waals surface area contributed by atoms with Crippen LogP contribution in [0, 0.1) is 6.92 Å². The summed E-state index contributed by atoms with van der Waals surface area (Å²) in [5.74, 6) is 1.54. The van der Waals surface area contributed by atoms with Crippen molar-refractivity contribution in [1.82, 2.24) is 9.97 Å². The van der Waals surface area contributed by atoms with Crippen molar-refractivity contribution in [3.63, 3.8) is 0 Å². The molecule has 3 aromatic rings. The van der Waals surface area contributed by atoms with Gasteiger partial charge >= 0.3 is 0 Å². The van der Waals surface area contributed by atoms with Gasteiger partial charge in [-0.1, -0.05) is 18.2 Å². The zero-order valence-electron chi connectivity index (χ0n) is 15.3. The average molecular weight is 374 g/mol. The smallest absolute Gasteiger partial charge is 0.274 e. The van der Waals surface area contributed by atoms with Crippen molar-refractivity contribution < 1.29 is 14.3 Å². The van der Waals surface area contributed by atoms with Crippen LogP contribution in [0.2, 0.25) is 0 Å². The molecule has 28 heavy (non-hydrogen) atoms. The highest BCUT2D eigenvalue weighted by Crippen LogP contribution is 2.35. The molecule has 1 N–H and O–H groups in total. The number of amides is 1. The number of fused-ring (bicyclic) bond motifs is 2. The lowest BCUT2D eigenvalue weighted by molar-refractivity contribution is 0.102. The Kier molecular flexibility index (Phi) is 3.86. The molecule has 1 aromatic heterocycles. The van der Waals surface area contributed by atoms with Crippen molar-refractivity contribution in [1.29, 1.82) is 0 Å². The lowest BCUT2D eigenvalue weighted by Crippen LogP contribution is -2.20. The average Bonchev–Trinajstić information content (AvgIpc) is 3.34. The Hall–Kier alpha value is -3.61. The van der Waals surface area contributed by atoms with Crippen molar-refractivity contribution in [2.75, 3.05) is 23.6 Å². The SMILES string of the molecule is Cc1cc(C(=O)Nc2ccc3c(c2)OCO3)nc(N2CCc3ccccc32)n1. The quantitative estimate of drug-likeness (QED) is 0.757. The van der Waals surface area contributed by atoms with Gasteiger partial charge in [-0.25, -0.2) is 9.97 Å². The van der Waals surface area contributed by atoms with Crippen LogP contribution in [0.1, 0.15) is 21.7 Å². The first kappa shape index (κ1) is 16.6. The van der Waals surface area contributed by atoms with E-state index in [4.69, 9.17) is 9.47 Å². The second-order valence-electron chi connectivity index (χ2n) is 6.75. The maximum atomic E-state index is 12.8. The zero-order valence-corrected chi connectivity index (χ0v) is 15.3. The number of ether oxygens (including phenoxy) is 2. The summed E-state index contributed by atoms with van der Waals surface area (Å²) in [4.78, 5) is 23.9. The summed E-state index contributed by atoms with van der Waals surface area (Å²) >= 11 is 0. The fourth-order valence-electron chi connectivity index (χ4n) is 3.51. The van der Waals surface area contributed by atoms with E-state index in [1.54, 1.807) is 24.3 Å². The molecule has 2 aliphatic rings. The molecule has 0 fully saturated rings. The second kappa shape index (κ2) is 6.53. The third-order valence-electron chi connectivity index (χ3n) is 4.83. The zero-order chi connectivity index (χ0) is 19.1. The predicted molar refractivity (Wildman–Crippen MR) is 104 cm³/mol. The Bertz CT molecular complexity index is 1080. The maximum absolute atomic E-state index is 12.8. The molecule has 5 rings (SSSR count). The molecule has 0 bridgehead atoms. The number of aromatic nitrogens is 2. The number of nitrogens with zero attached hydrogens (tertiary/aromatic N) is 3. The minimum absolute atomic E-state index is 0.193. The lowest BCUT2D eigenvalue weighted by Gasteiger charge is -2.18. The predicted octanol–water partition coefficient (Wildman–Crippen LogP) is 3.46. The number of para-hydroxylation sites is 1. The highest BCUT2D eigenvalue weighted by atomic mass is 16.7. The van der Waals surface area contributed by atoms with Gasteiger partial charge in [0.1, 0.15) is 5.69 Å². The fraction of sp³-hybridized carbons (Fsp3) is 0.190. The third kappa shape index (κ3) is 2.90. The molecule has 3 heterocycles. The van der Waals surface area contributed by atoms with Crippen LogP contribution in [-0.4, -0.2) is 29.2 Å². The van der Waals surface area contributed by atoms with E-state index in [1.807, 2.05) is 19.1 Å². The number of rotatable bonds is 3. The van der Waals surface area contributed by atoms with Crippen LogP contribution in [-0.2, 0) is 6.42 Å². The van der Waals surface area contributed by atoms with Crippen LogP contribution in [0.4, 0.5) is 17.3 Å². The molecule has 2 aromatic carbocycles. The Balaban J connectivity index is 1.42. The molecule has 7 heteroatoms. The van der Waals surface area contributed by atoms with Gasteiger partial charge in [0.25, 0.3) is 5.91 Å². The number of carbonyl (C=O) groups excluding carboxylic acids is 1. The Morgan fingerprint density at radius 1 is 1.07 bits per heavy atom. The van der Waals surface area contributed by atoms with E-state index in [0.29, 0.717) is 28.8 Å². The van der Waals surface area contributed by atoms with Gasteiger partial charge in [0.05, 0.1) is 0 Å². The van der Waals surface area contributed by atoms with Gasteiger partial charge in [0, 0.05) is 29.7 Å². The first-order valence-electron chi connectivity index (χ1n) is 9.09. The lowest BCUT2D eigenvalue weighted by atomic mass is 10.2. The highest BCUT2D eigenvalue weighted by Gasteiger charge is 2.23. The number of aryl methyl sites for hydroxylation is 1. The third-order valence-corrected chi connectivity index (χ3v) is 4.83. The van der Waals surface area contributed by atoms with E-state index in [9.17, 15) is 4.79 Å². The van der Waals surface area contributed by atoms with E-state index in [0.717, 1.165) is 24.3 Å². The summed E-state index contributed by atoms with van der Waals surface area (Å²) < 4.78 is 10.7. The molecule has 0 atom stereocenters. The summed E-state index contributed by atoms with van der Waals surface area (Å²) in [6.45, 7) is 2.86. The molecule has 7 nitrogen and oxygen atoms in total. The number of nitrogens with one attached hydrogen (secondary N) is 1. The maximum Gasteiger partial charge on any atom is 0.274 e. The van der Waals surface area contributed by atoms with Gasteiger partial charge in [0.15, 0.2) is 11.5 Å². The van der Waals surface area contributed by atoms with Crippen LogP contribution in [0.5, 0.6) is 11.5 Å². The molecule has 0 saturated carbocycles. The molecular weight excluding hydrogens is 356 g/mol. The molecule has 0 radical (unpaired) electrons. The number of hydrogen-bond acceptors (Lipinski definition) is 6. The highest BCUT2D eigenvalue weighted by molar-refractivity contribution is 6.03. The van der Waals surface area contributed by atoms with Crippen LogP contribution in [0.25, 0.3) is 0 Å². The van der Waals surface area contributed by atoms with Crippen molar-refractivity contribution >= 4 is 23.2 Å². The molecule has 1 amide bonds. The monoisotopic (exact) mass is 374 g/mol. The van der Waals surface area contributed by atoms with Gasteiger partial charge in [-0.2, -0.15) is 0 Å². The van der Waals surface area contributed by atoms with Gasteiger partial charge in [-0.3, -0.25) is 4.79 Å². The van der Waals surface area contributed by atoms with E-state index in [1.165, 1.54) is 5.56 Å². The minimum Gasteiger partial charge on any atom is -0.454 e. The van der Waals surface area contributed by atoms with Crippen molar-refractivity contribution in [2.24, 2.45) is 0 Å². The molecule has 0 aliphatic carbocycles. The molecule has 0 unspecified atom stereocenters. The van der Waals surface area contributed by atoms with E-state index >= 15 is 0 Å². The largest absolute Gasteiger partial charge is 0.454 e. The summed E-state index contributed by atoms with van der Waals surface area (Å²) in [6, 6.07) is 15.2. The number of carbonyl (C=O) groups is 1. The van der Waals surface area contributed by atoms with Gasteiger partial charge in [-0.15, -0.1) is 0 Å². The number of benzene rings is 2. The minimum atomic E-state index is -0.293. The van der Waals surface area contributed by atoms with Gasteiger partial charge in [-0.05, 0) is 43.2 Å². The molecule has 0 spiro atoms. The van der Waals surface area contributed by atoms with Crippen molar-refractivity contribution in [2.45, 2.75) is 13.3 Å². The summed E-state index contributed by atoms with van der Waals surface area (Å²) in [7, 11) is 0. The topological polar surface area (TPSA) is 76.6 Å². The van der Waals surface area contributed by atoms with Crippen LogP contribution < -0.4 is 19.7 Å². The molecule has 2 aliphatic heterocycles. The normalized spacial score (nSPS) is 14.1. The second-order valence-corrected chi connectivity index (χ2v) is 6.75. The fourth-order valence-corrected chi connectivity index (χ4v) is 3.51. The van der Waals surface area contributed by atoms with Crippen molar-refractivity contribution in [3.05, 3.63) is 65.5 Å². The Morgan fingerprint density at radius 2 is 1.93 bits per heavy atom. The van der Waals surface area contributed by atoms with Crippen LogP contribution >= 0.6 is 0 Å². The number of anilines is 3. The Labute approximate surface area is 161 Å². The first-order chi connectivity index (χ1) is 13.7. The number of hydrogen-bond donors (Lipinski definition) is 1. The Morgan fingerprint density at radius 3 is 2.86 bits per heavy atom. The van der Waals surface area contributed by atoms with E-state index < -0.39 is 0 Å². The van der Waals surface area contributed by atoms with Gasteiger partial charge < -0.3 is 19.7 Å². The summed E-state index contributed by atoms with van der Waals surface area (Å²) in [5, 5.41) is 2.87.